The molecule has 25 heavy (non-hydrogen) atoms. The number of rotatable bonds is 3. The zero-order valence-corrected chi connectivity index (χ0v) is 15.9. The molecule has 0 bridgehead atoms. The van der Waals surface area contributed by atoms with E-state index in [0.717, 1.165) is 41.3 Å². The zero-order chi connectivity index (χ0) is 17.6. The first-order valence-corrected chi connectivity index (χ1v) is 9.81. The molecule has 1 aromatic carbocycles. The highest BCUT2D eigenvalue weighted by atomic mass is 32.2. The molecule has 0 radical (unpaired) electrons. The Kier molecular flexibility index (Phi) is 3.95. The summed E-state index contributed by atoms with van der Waals surface area (Å²) < 4.78 is 2.25. The van der Waals surface area contributed by atoms with E-state index in [1.165, 1.54) is 5.56 Å². The molecule has 1 N–H and O–H groups in total. The number of hydrogen-bond donors (Lipinski definition) is 1. The van der Waals surface area contributed by atoms with Crippen molar-refractivity contribution in [2.45, 2.75) is 50.4 Å². The standard InChI is InChI=1S/C19H23N5S/c1-19(2,3)17-21-14-15(22-17)23-18(25-4)24-11-13(20-16(14)24)10-12-8-6-5-7-9-12/h5-9,13,20H,10-11H2,1-4H3/t13-/m1/s1. The van der Waals surface area contributed by atoms with Crippen LogP contribution in [0.5, 0.6) is 0 Å². The summed E-state index contributed by atoms with van der Waals surface area (Å²) in [6.07, 6.45) is 3.05. The average molecular weight is 353 g/mol. The molecule has 1 aromatic rings. The van der Waals surface area contributed by atoms with Gasteiger partial charge in [-0.15, -0.1) is 0 Å². The monoisotopic (exact) mass is 353 g/mol. The van der Waals surface area contributed by atoms with E-state index in [-0.39, 0.29) is 5.41 Å². The first kappa shape index (κ1) is 16.4. The second-order valence-electron chi connectivity index (χ2n) is 7.56. The highest BCUT2D eigenvalue weighted by molar-refractivity contribution is 7.98. The minimum atomic E-state index is -0.0835. The summed E-state index contributed by atoms with van der Waals surface area (Å²) in [6.45, 7) is 7.31. The minimum Gasteiger partial charge on any atom is -0.365 e. The minimum absolute atomic E-state index is 0.0835. The molecule has 1 atom stereocenters. The summed E-state index contributed by atoms with van der Waals surface area (Å²) in [7, 11) is 0. The number of nitrogens with one attached hydrogen (secondary N) is 1. The lowest BCUT2D eigenvalue weighted by Crippen LogP contribution is -2.19. The van der Waals surface area contributed by atoms with E-state index in [2.05, 4.69) is 67.2 Å². The summed E-state index contributed by atoms with van der Waals surface area (Å²) in [5, 5.41) is 4.66. The summed E-state index contributed by atoms with van der Waals surface area (Å²) in [4.78, 5) is 14.2. The lowest BCUT2D eigenvalue weighted by Gasteiger charge is -2.12. The van der Waals surface area contributed by atoms with E-state index >= 15 is 0 Å². The summed E-state index contributed by atoms with van der Waals surface area (Å²) in [5.41, 5.74) is 2.14. The fraction of sp³-hybridized carbons (Fsp3) is 0.421. The Balaban J connectivity index is 1.72. The highest BCUT2D eigenvalue weighted by Gasteiger charge is 2.32. The van der Waals surface area contributed by atoms with Gasteiger partial charge in [0.2, 0.25) is 0 Å². The van der Waals surface area contributed by atoms with Crippen LogP contribution in [0.15, 0.2) is 35.5 Å². The van der Waals surface area contributed by atoms with Gasteiger partial charge in [-0.1, -0.05) is 62.9 Å². The molecule has 3 aliphatic rings. The van der Waals surface area contributed by atoms with Gasteiger partial charge < -0.3 is 9.88 Å². The van der Waals surface area contributed by atoms with Crippen molar-refractivity contribution in [1.82, 2.24) is 19.5 Å². The van der Waals surface area contributed by atoms with Gasteiger partial charge in [0.15, 0.2) is 16.7 Å². The van der Waals surface area contributed by atoms with Crippen molar-refractivity contribution in [3.63, 3.8) is 0 Å². The zero-order valence-electron chi connectivity index (χ0n) is 15.1. The maximum absolute atomic E-state index is 4.81. The molecule has 0 saturated heterocycles. The topological polar surface area (TPSA) is 55.6 Å². The molecule has 0 saturated carbocycles. The molecule has 4 rings (SSSR count). The Morgan fingerprint density at radius 3 is 2.60 bits per heavy atom. The van der Waals surface area contributed by atoms with Crippen LogP contribution in [0, 0.1) is 0 Å². The largest absolute Gasteiger partial charge is 0.365 e. The molecule has 5 nitrogen and oxygen atoms in total. The fourth-order valence-electron chi connectivity index (χ4n) is 3.23. The van der Waals surface area contributed by atoms with Gasteiger partial charge in [-0.3, -0.25) is 0 Å². The van der Waals surface area contributed by atoms with Crippen LogP contribution in [0.3, 0.4) is 0 Å². The quantitative estimate of drug-likeness (QED) is 0.573. The van der Waals surface area contributed by atoms with Crippen molar-refractivity contribution in [3.8, 4) is 11.5 Å². The number of hydrogen-bond acceptors (Lipinski definition) is 5. The molecule has 0 aromatic heterocycles. The van der Waals surface area contributed by atoms with Crippen LogP contribution in [-0.4, -0.2) is 31.8 Å². The lowest BCUT2D eigenvalue weighted by atomic mass is 9.96. The van der Waals surface area contributed by atoms with Gasteiger partial charge in [0.05, 0.1) is 0 Å². The second-order valence-corrected chi connectivity index (χ2v) is 8.33. The normalized spacial score (nSPS) is 16.9. The molecule has 0 amide bonds. The van der Waals surface area contributed by atoms with Gasteiger partial charge in [-0.25, -0.2) is 15.0 Å². The Bertz CT molecular complexity index is 866. The first-order chi connectivity index (χ1) is 12.0. The van der Waals surface area contributed by atoms with Crippen LogP contribution in [0.2, 0.25) is 0 Å². The SMILES string of the molecule is CSc1nc2nc(C(C)(C)C)nc-2c2n1C[C@@H](Cc1ccccc1)N2. The number of thioether (sulfide) groups is 1. The van der Waals surface area contributed by atoms with Crippen LogP contribution in [0.1, 0.15) is 32.2 Å². The fourth-order valence-corrected chi connectivity index (χ4v) is 3.79. The van der Waals surface area contributed by atoms with Gasteiger partial charge in [0.25, 0.3) is 0 Å². The third-order valence-corrected chi connectivity index (χ3v) is 5.17. The van der Waals surface area contributed by atoms with Crippen molar-refractivity contribution in [1.29, 1.82) is 0 Å². The van der Waals surface area contributed by atoms with Crippen molar-refractivity contribution in [2.24, 2.45) is 0 Å². The molecule has 0 spiro atoms. The van der Waals surface area contributed by atoms with Crippen molar-refractivity contribution >= 4 is 17.6 Å². The lowest BCUT2D eigenvalue weighted by molar-refractivity contribution is 0.553. The van der Waals surface area contributed by atoms with Gasteiger partial charge in [-0.05, 0) is 18.2 Å². The average Bonchev–Trinajstić information content (AvgIpc) is 3.18. The van der Waals surface area contributed by atoms with E-state index < -0.39 is 0 Å². The van der Waals surface area contributed by atoms with Crippen molar-refractivity contribution in [3.05, 3.63) is 41.7 Å². The number of imidazole rings is 1. The van der Waals surface area contributed by atoms with Gasteiger partial charge in [0.1, 0.15) is 11.6 Å². The first-order valence-electron chi connectivity index (χ1n) is 8.59. The predicted octanol–water partition coefficient (Wildman–Crippen LogP) is 3.83. The van der Waals surface area contributed by atoms with Crippen LogP contribution < -0.4 is 5.32 Å². The van der Waals surface area contributed by atoms with E-state index in [1.807, 2.05) is 0 Å². The number of benzene rings is 1. The smallest absolute Gasteiger partial charge is 0.186 e. The summed E-state index contributed by atoms with van der Waals surface area (Å²) in [5.74, 6) is 2.65. The van der Waals surface area contributed by atoms with Crippen LogP contribution >= 0.6 is 11.8 Å². The second kappa shape index (κ2) is 6.02. The van der Waals surface area contributed by atoms with Crippen molar-refractivity contribution < 1.29 is 0 Å². The Labute approximate surface area is 152 Å². The summed E-state index contributed by atoms with van der Waals surface area (Å²) >= 11 is 1.66. The number of aromatic nitrogens is 4. The summed E-state index contributed by atoms with van der Waals surface area (Å²) in [6, 6.07) is 10.9. The molecule has 130 valence electrons. The number of anilines is 1. The van der Waals surface area contributed by atoms with E-state index in [1.54, 1.807) is 11.8 Å². The third-order valence-electron chi connectivity index (χ3n) is 4.49. The predicted molar refractivity (Wildman–Crippen MR) is 102 cm³/mol. The maximum atomic E-state index is 4.81. The number of fused-ring (bicyclic) bond motifs is 3. The van der Waals surface area contributed by atoms with Crippen molar-refractivity contribution in [2.75, 3.05) is 11.6 Å². The molecule has 3 heterocycles. The van der Waals surface area contributed by atoms with Gasteiger partial charge >= 0.3 is 0 Å². The van der Waals surface area contributed by atoms with Crippen LogP contribution in [0.25, 0.3) is 11.5 Å². The highest BCUT2D eigenvalue weighted by Crippen LogP contribution is 2.36. The van der Waals surface area contributed by atoms with Gasteiger partial charge in [0, 0.05) is 18.0 Å². The van der Waals surface area contributed by atoms with E-state index in [4.69, 9.17) is 15.0 Å². The molecule has 6 heteroatoms. The van der Waals surface area contributed by atoms with Crippen LogP contribution in [-0.2, 0) is 18.4 Å². The van der Waals surface area contributed by atoms with Crippen LogP contribution in [0.4, 0.5) is 5.82 Å². The molecular formula is C19H23N5S. The van der Waals surface area contributed by atoms with Gasteiger partial charge in [-0.2, -0.15) is 0 Å². The Hall–Kier alpha value is -2.08. The maximum Gasteiger partial charge on any atom is 0.186 e. The Morgan fingerprint density at radius 2 is 1.92 bits per heavy atom. The molecule has 0 fully saturated rings. The molecule has 0 unspecified atom stereocenters. The van der Waals surface area contributed by atoms with E-state index in [0.29, 0.717) is 6.04 Å². The third kappa shape index (κ3) is 2.99. The molecule has 0 aliphatic carbocycles. The number of nitrogens with zero attached hydrogens (tertiary/aromatic N) is 4. The van der Waals surface area contributed by atoms with E-state index in [9.17, 15) is 0 Å². The molecule has 3 aliphatic heterocycles. The Morgan fingerprint density at radius 1 is 1.16 bits per heavy atom. The molecular weight excluding hydrogens is 330 g/mol.